The van der Waals surface area contributed by atoms with Gasteiger partial charge in [0.15, 0.2) is 0 Å². The predicted molar refractivity (Wildman–Crippen MR) is 65.0 cm³/mol. The largest absolute Gasteiger partial charge is 0.316 e. The molecular weight excluding hydrogens is 184 g/mol. The molecule has 0 radical (unpaired) electrons. The molecule has 2 aliphatic rings. The van der Waals surface area contributed by atoms with E-state index in [1.54, 1.807) is 0 Å². The summed E-state index contributed by atoms with van der Waals surface area (Å²) in [6.07, 6.45) is 5.67. The molecule has 88 valence electrons. The molecule has 0 bridgehead atoms. The highest BCUT2D eigenvalue weighted by atomic mass is 15.1. The fourth-order valence-corrected chi connectivity index (χ4v) is 2.79. The van der Waals surface area contributed by atoms with Gasteiger partial charge in [0.25, 0.3) is 0 Å². The lowest BCUT2D eigenvalue weighted by Crippen LogP contribution is -2.41. The van der Waals surface area contributed by atoms with Crippen LogP contribution in [0, 0.1) is 11.3 Å². The molecule has 2 rings (SSSR count). The standard InChI is InChI=1S/C13H26N2/c1-3-13(5-6-13)11-15-8-4-7-14-9-12(2)10-15/h12,14H,3-11H2,1-2H3. The molecule has 1 unspecified atom stereocenters. The van der Waals surface area contributed by atoms with Crippen molar-refractivity contribution in [1.82, 2.24) is 10.2 Å². The normalized spacial score (nSPS) is 32.0. The van der Waals surface area contributed by atoms with Crippen molar-refractivity contribution < 1.29 is 0 Å². The van der Waals surface area contributed by atoms with Gasteiger partial charge in [-0.05, 0) is 56.7 Å². The van der Waals surface area contributed by atoms with Crippen molar-refractivity contribution in [3.8, 4) is 0 Å². The topological polar surface area (TPSA) is 15.3 Å². The van der Waals surface area contributed by atoms with Crippen LogP contribution < -0.4 is 5.32 Å². The highest BCUT2D eigenvalue weighted by Gasteiger charge is 2.41. The van der Waals surface area contributed by atoms with E-state index < -0.39 is 0 Å². The molecule has 1 heterocycles. The van der Waals surface area contributed by atoms with E-state index in [-0.39, 0.29) is 0 Å². The van der Waals surface area contributed by atoms with Gasteiger partial charge in [0.2, 0.25) is 0 Å². The van der Waals surface area contributed by atoms with E-state index in [0.717, 1.165) is 11.3 Å². The lowest BCUT2D eigenvalue weighted by atomic mass is 10.0. The van der Waals surface area contributed by atoms with Crippen molar-refractivity contribution in [3.63, 3.8) is 0 Å². The van der Waals surface area contributed by atoms with Crippen LogP contribution in [0.1, 0.15) is 39.5 Å². The Morgan fingerprint density at radius 3 is 2.87 bits per heavy atom. The van der Waals surface area contributed by atoms with Gasteiger partial charge >= 0.3 is 0 Å². The second-order valence-corrected chi connectivity index (χ2v) is 5.75. The van der Waals surface area contributed by atoms with Crippen LogP contribution in [0.15, 0.2) is 0 Å². The Kier molecular flexibility index (Phi) is 3.68. The van der Waals surface area contributed by atoms with Crippen LogP contribution >= 0.6 is 0 Å². The van der Waals surface area contributed by atoms with Crippen LogP contribution in [-0.4, -0.2) is 37.6 Å². The van der Waals surface area contributed by atoms with Crippen molar-refractivity contribution in [3.05, 3.63) is 0 Å². The summed E-state index contributed by atoms with van der Waals surface area (Å²) in [5.74, 6) is 0.818. The van der Waals surface area contributed by atoms with Gasteiger partial charge < -0.3 is 10.2 Å². The third-order valence-corrected chi connectivity index (χ3v) is 4.16. The van der Waals surface area contributed by atoms with Crippen LogP contribution in [0.3, 0.4) is 0 Å². The SMILES string of the molecule is CCC1(CN2CCCNCC(C)C2)CC1. The Balaban J connectivity index is 1.83. The second kappa shape index (κ2) is 4.84. The average molecular weight is 210 g/mol. The van der Waals surface area contributed by atoms with Gasteiger partial charge in [0.05, 0.1) is 0 Å². The van der Waals surface area contributed by atoms with Gasteiger partial charge in [-0.1, -0.05) is 13.8 Å². The van der Waals surface area contributed by atoms with Crippen LogP contribution in [0.25, 0.3) is 0 Å². The molecule has 0 aromatic carbocycles. The summed E-state index contributed by atoms with van der Waals surface area (Å²) >= 11 is 0. The zero-order valence-electron chi connectivity index (χ0n) is 10.4. The van der Waals surface area contributed by atoms with Gasteiger partial charge in [0.1, 0.15) is 0 Å². The highest BCUT2D eigenvalue weighted by molar-refractivity contribution is 4.94. The van der Waals surface area contributed by atoms with E-state index in [4.69, 9.17) is 0 Å². The molecule has 1 aliphatic carbocycles. The van der Waals surface area contributed by atoms with E-state index in [1.807, 2.05) is 0 Å². The summed E-state index contributed by atoms with van der Waals surface area (Å²) < 4.78 is 0. The molecule has 1 aliphatic heterocycles. The van der Waals surface area contributed by atoms with Crippen molar-refractivity contribution in [2.45, 2.75) is 39.5 Å². The van der Waals surface area contributed by atoms with Gasteiger partial charge in [-0.25, -0.2) is 0 Å². The summed E-state index contributed by atoms with van der Waals surface area (Å²) in [7, 11) is 0. The van der Waals surface area contributed by atoms with Gasteiger partial charge in [-0.2, -0.15) is 0 Å². The first kappa shape index (κ1) is 11.4. The monoisotopic (exact) mass is 210 g/mol. The molecule has 0 spiro atoms. The lowest BCUT2D eigenvalue weighted by molar-refractivity contribution is 0.176. The van der Waals surface area contributed by atoms with E-state index in [0.29, 0.717) is 0 Å². The zero-order chi connectivity index (χ0) is 10.7. The minimum Gasteiger partial charge on any atom is -0.316 e. The fraction of sp³-hybridized carbons (Fsp3) is 1.00. The fourth-order valence-electron chi connectivity index (χ4n) is 2.79. The van der Waals surface area contributed by atoms with Gasteiger partial charge in [-0.15, -0.1) is 0 Å². The van der Waals surface area contributed by atoms with Crippen molar-refractivity contribution >= 4 is 0 Å². The molecule has 0 aromatic heterocycles. The quantitative estimate of drug-likeness (QED) is 0.767. The molecule has 15 heavy (non-hydrogen) atoms. The van der Waals surface area contributed by atoms with Gasteiger partial charge in [-0.3, -0.25) is 0 Å². The number of nitrogens with one attached hydrogen (secondary N) is 1. The zero-order valence-corrected chi connectivity index (χ0v) is 10.4. The Morgan fingerprint density at radius 2 is 2.20 bits per heavy atom. The maximum absolute atomic E-state index is 3.52. The van der Waals surface area contributed by atoms with Crippen LogP contribution in [0.2, 0.25) is 0 Å². The number of rotatable bonds is 3. The second-order valence-electron chi connectivity index (χ2n) is 5.75. The van der Waals surface area contributed by atoms with E-state index in [9.17, 15) is 0 Å². The highest BCUT2D eigenvalue weighted by Crippen LogP contribution is 2.49. The van der Waals surface area contributed by atoms with E-state index in [1.165, 1.54) is 58.4 Å². The van der Waals surface area contributed by atoms with Crippen LogP contribution in [-0.2, 0) is 0 Å². The first-order valence-corrected chi connectivity index (χ1v) is 6.67. The van der Waals surface area contributed by atoms with Crippen molar-refractivity contribution in [2.75, 3.05) is 32.7 Å². The summed E-state index contributed by atoms with van der Waals surface area (Å²) in [5.41, 5.74) is 0.729. The first-order valence-electron chi connectivity index (χ1n) is 6.67. The Labute approximate surface area is 94.4 Å². The predicted octanol–water partition coefficient (Wildman–Crippen LogP) is 2.11. The minimum atomic E-state index is 0.729. The summed E-state index contributed by atoms with van der Waals surface area (Å²) in [6.45, 7) is 11.1. The minimum absolute atomic E-state index is 0.729. The number of hydrogen-bond donors (Lipinski definition) is 1. The van der Waals surface area contributed by atoms with E-state index in [2.05, 4.69) is 24.1 Å². The summed E-state index contributed by atoms with van der Waals surface area (Å²) in [4.78, 5) is 2.72. The van der Waals surface area contributed by atoms with Crippen LogP contribution in [0.4, 0.5) is 0 Å². The third-order valence-electron chi connectivity index (χ3n) is 4.16. The van der Waals surface area contributed by atoms with E-state index >= 15 is 0 Å². The van der Waals surface area contributed by atoms with Crippen LogP contribution in [0.5, 0.6) is 0 Å². The lowest BCUT2D eigenvalue weighted by Gasteiger charge is -2.31. The molecule has 1 atom stereocenters. The maximum Gasteiger partial charge on any atom is 0.00380 e. The molecule has 2 fully saturated rings. The Hall–Kier alpha value is -0.0800. The molecule has 0 aromatic rings. The molecule has 1 saturated carbocycles. The molecule has 1 N–H and O–H groups in total. The molecule has 2 heteroatoms. The molecule has 2 nitrogen and oxygen atoms in total. The number of nitrogens with zero attached hydrogens (tertiary/aromatic N) is 1. The number of hydrogen-bond acceptors (Lipinski definition) is 2. The Bertz CT molecular complexity index is 199. The average Bonchev–Trinajstić information content (AvgIpc) is 2.94. The summed E-state index contributed by atoms with van der Waals surface area (Å²) in [5, 5.41) is 3.52. The maximum atomic E-state index is 3.52. The van der Waals surface area contributed by atoms with Gasteiger partial charge in [0, 0.05) is 13.1 Å². The molecule has 1 saturated heterocycles. The molecular formula is C13H26N2. The summed E-state index contributed by atoms with van der Waals surface area (Å²) in [6, 6.07) is 0. The first-order chi connectivity index (χ1) is 7.24. The smallest absolute Gasteiger partial charge is 0.00380 e. The Morgan fingerprint density at radius 1 is 1.40 bits per heavy atom. The molecule has 0 amide bonds. The van der Waals surface area contributed by atoms with Crippen molar-refractivity contribution in [1.29, 1.82) is 0 Å². The third kappa shape index (κ3) is 3.18. The van der Waals surface area contributed by atoms with Crippen molar-refractivity contribution in [2.24, 2.45) is 11.3 Å².